The summed E-state index contributed by atoms with van der Waals surface area (Å²) in [6, 6.07) is 5.96. The minimum atomic E-state index is -3.67. The first-order valence-corrected chi connectivity index (χ1v) is 13.4. The number of piperazine rings is 1. The molecule has 2 saturated heterocycles. The summed E-state index contributed by atoms with van der Waals surface area (Å²) < 4.78 is 27.3. The van der Waals surface area contributed by atoms with Gasteiger partial charge in [-0.3, -0.25) is 19.3 Å². The van der Waals surface area contributed by atoms with Gasteiger partial charge in [0, 0.05) is 50.7 Å². The van der Waals surface area contributed by atoms with Crippen molar-refractivity contribution in [2.75, 3.05) is 52.4 Å². The van der Waals surface area contributed by atoms with Gasteiger partial charge < -0.3 is 10.2 Å². The van der Waals surface area contributed by atoms with E-state index < -0.39 is 10.0 Å². The molecule has 1 N–H and O–H groups in total. The van der Waals surface area contributed by atoms with E-state index in [-0.39, 0.29) is 41.5 Å². The highest BCUT2D eigenvalue weighted by atomic mass is 32.2. The Labute approximate surface area is 202 Å². The van der Waals surface area contributed by atoms with Gasteiger partial charge in [0.25, 0.3) is 0 Å². The van der Waals surface area contributed by atoms with Crippen molar-refractivity contribution in [3.05, 3.63) is 29.8 Å². The first kappa shape index (κ1) is 26.3. The normalized spacial score (nSPS) is 20.4. The monoisotopic (exact) mass is 492 g/mol. The van der Waals surface area contributed by atoms with E-state index in [2.05, 4.69) is 10.2 Å². The Morgan fingerprint density at radius 3 is 2.26 bits per heavy atom. The molecule has 0 bridgehead atoms. The van der Waals surface area contributed by atoms with Crippen molar-refractivity contribution in [1.82, 2.24) is 19.4 Å². The second-order valence-electron chi connectivity index (χ2n) is 9.51. The fourth-order valence-electron chi connectivity index (χ4n) is 4.39. The zero-order valence-corrected chi connectivity index (χ0v) is 21.1. The number of amides is 2. The fraction of sp³-hybridized carbons (Fsp3) is 0.625. The summed E-state index contributed by atoms with van der Waals surface area (Å²) in [5.74, 6) is 0.242. The van der Waals surface area contributed by atoms with Crippen LogP contribution >= 0.6 is 0 Å². The first-order valence-electron chi connectivity index (χ1n) is 12.0. The third-order valence-electron chi connectivity index (χ3n) is 6.54. The van der Waals surface area contributed by atoms with Crippen LogP contribution in [0.4, 0.5) is 0 Å². The molecular formula is C24H36N4O5S. The van der Waals surface area contributed by atoms with Gasteiger partial charge in [-0.15, -0.1) is 0 Å². The smallest absolute Gasteiger partial charge is 0.243 e. The van der Waals surface area contributed by atoms with Crippen molar-refractivity contribution in [2.45, 2.75) is 38.5 Å². The van der Waals surface area contributed by atoms with E-state index in [1.54, 1.807) is 4.90 Å². The molecule has 0 spiro atoms. The number of rotatable bonds is 8. The van der Waals surface area contributed by atoms with Gasteiger partial charge in [-0.1, -0.05) is 26.0 Å². The van der Waals surface area contributed by atoms with Gasteiger partial charge in [0.05, 0.1) is 11.4 Å². The van der Waals surface area contributed by atoms with Crippen LogP contribution in [0.2, 0.25) is 0 Å². The number of carbonyl (C=O) groups excluding carboxylic acids is 3. The van der Waals surface area contributed by atoms with E-state index >= 15 is 0 Å². The maximum Gasteiger partial charge on any atom is 0.243 e. The van der Waals surface area contributed by atoms with E-state index in [0.717, 1.165) is 25.9 Å². The maximum absolute atomic E-state index is 12.9. The van der Waals surface area contributed by atoms with Gasteiger partial charge >= 0.3 is 0 Å². The molecule has 1 unspecified atom stereocenters. The quantitative estimate of drug-likeness (QED) is 0.547. The molecule has 10 heteroatoms. The number of piperidine rings is 1. The van der Waals surface area contributed by atoms with Crippen molar-refractivity contribution in [3.8, 4) is 0 Å². The number of likely N-dealkylation sites (tertiary alicyclic amines) is 1. The molecule has 0 aliphatic carbocycles. The summed E-state index contributed by atoms with van der Waals surface area (Å²) >= 11 is 0. The molecule has 188 valence electrons. The largest absolute Gasteiger partial charge is 0.356 e. The molecule has 2 heterocycles. The number of nitrogens with one attached hydrogen (secondary N) is 1. The number of hydrogen-bond donors (Lipinski definition) is 1. The topological polar surface area (TPSA) is 107 Å². The Balaban J connectivity index is 1.48. The minimum Gasteiger partial charge on any atom is -0.356 e. The highest BCUT2D eigenvalue weighted by molar-refractivity contribution is 7.89. The van der Waals surface area contributed by atoms with Crippen molar-refractivity contribution in [3.63, 3.8) is 0 Å². The SMILES string of the molecule is CC(=O)c1ccc(S(=O)(=O)N2CCN(C(=O)CN3CCCC(CNC(=O)C(C)C)C3)CC2)cc1. The summed E-state index contributed by atoms with van der Waals surface area (Å²) in [6.07, 6.45) is 2.02. The van der Waals surface area contributed by atoms with E-state index in [0.29, 0.717) is 37.7 Å². The Hall–Kier alpha value is -2.30. The number of carbonyl (C=O) groups is 3. The third kappa shape index (κ3) is 6.64. The first-order chi connectivity index (χ1) is 16.1. The van der Waals surface area contributed by atoms with E-state index in [9.17, 15) is 22.8 Å². The van der Waals surface area contributed by atoms with Crippen LogP contribution in [0.3, 0.4) is 0 Å². The Bertz CT molecular complexity index is 985. The van der Waals surface area contributed by atoms with Crippen LogP contribution in [-0.2, 0) is 19.6 Å². The Morgan fingerprint density at radius 1 is 1.03 bits per heavy atom. The molecule has 2 amide bonds. The summed E-state index contributed by atoms with van der Waals surface area (Å²) in [5, 5.41) is 2.99. The van der Waals surface area contributed by atoms with Crippen LogP contribution < -0.4 is 5.32 Å². The molecule has 2 aliphatic heterocycles. The van der Waals surface area contributed by atoms with Crippen molar-refractivity contribution in [2.24, 2.45) is 11.8 Å². The van der Waals surface area contributed by atoms with Gasteiger partial charge in [-0.05, 0) is 44.4 Å². The molecule has 2 aliphatic rings. The van der Waals surface area contributed by atoms with Crippen LogP contribution in [0.5, 0.6) is 0 Å². The predicted molar refractivity (Wildman–Crippen MR) is 129 cm³/mol. The molecule has 0 radical (unpaired) electrons. The Kier molecular flexibility index (Phi) is 8.83. The average Bonchev–Trinajstić information content (AvgIpc) is 2.82. The van der Waals surface area contributed by atoms with Crippen molar-refractivity contribution >= 4 is 27.6 Å². The van der Waals surface area contributed by atoms with Gasteiger partial charge in [0.2, 0.25) is 21.8 Å². The molecule has 2 fully saturated rings. The number of ketones is 1. The van der Waals surface area contributed by atoms with Gasteiger partial charge in [0.15, 0.2) is 5.78 Å². The standard InChI is InChI=1S/C24H36N4O5S/c1-18(2)24(31)25-15-20-5-4-10-26(16-20)17-23(30)27-11-13-28(14-12-27)34(32,33)22-8-6-21(7-9-22)19(3)29/h6-9,18,20H,4-5,10-17H2,1-3H3,(H,25,31). The van der Waals surface area contributed by atoms with Crippen molar-refractivity contribution in [1.29, 1.82) is 0 Å². The lowest BCUT2D eigenvalue weighted by Gasteiger charge is -2.37. The molecule has 9 nitrogen and oxygen atoms in total. The third-order valence-corrected chi connectivity index (χ3v) is 8.45. The molecule has 1 aromatic rings. The highest BCUT2D eigenvalue weighted by Crippen LogP contribution is 2.20. The number of benzene rings is 1. The highest BCUT2D eigenvalue weighted by Gasteiger charge is 2.31. The summed E-state index contributed by atoms with van der Waals surface area (Å²) in [6.45, 7) is 8.94. The molecule has 3 rings (SSSR count). The van der Waals surface area contributed by atoms with Crippen molar-refractivity contribution < 1.29 is 22.8 Å². The lowest BCUT2D eigenvalue weighted by atomic mass is 9.97. The predicted octanol–water partition coefficient (Wildman–Crippen LogP) is 1.21. The lowest BCUT2D eigenvalue weighted by molar-refractivity contribution is -0.134. The second kappa shape index (κ2) is 11.4. The molecule has 1 atom stereocenters. The molecule has 34 heavy (non-hydrogen) atoms. The molecule has 0 aromatic heterocycles. The summed E-state index contributed by atoms with van der Waals surface area (Å²) in [4.78, 5) is 40.2. The zero-order valence-electron chi connectivity index (χ0n) is 20.3. The second-order valence-corrected chi connectivity index (χ2v) is 11.4. The van der Waals surface area contributed by atoms with Crippen LogP contribution in [-0.4, -0.2) is 92.5 Å². The fourth-order valence-corrected chi connectivity index (χ4v) is 5.81. The number of Topliss-reactive ketones (excluding diaryl/α,β-unsaturated/α-hetero) is 1. The lowest BCUT2D eigenvalue weighted by Crippen LogP contribution is -2.53. The number of nitrogens with zero attached hydrogens (tertiary/aromatic N) is 3. The number of hydrogen-bond acceptors (Lipinski definition) is 6. The maximum atomic E-state index is 12.9. The molecular weight excluding hydrogens is 456 g/mol. The van der Waals surface area contributed by atoms with Gasteiger partial charge in [-0.2, -0.15) is 4.31 Å². The van der Waals surface area contributed by atoms with Crippen LogP contribution in [0, 0.1) is 11.8 Å². The van der Waals surface area contributed by atoms with E-state index in [4.69, 9.17) is 0 Å². The van der Waals surface area contributed by atoms with Gasteiger partial charge in [0.1, 0.15) is 0 Å². The zero-order chi connectivity index (χ0) is 24.9. The average molecular weight is 493 g/mol. The Morgan fingerprint density at radius 2 is 1.68 bits per heavy atom. The van der Waals surface area contributed by atoms with Crippen LogP contribution in [0.15, 0.2) is 29.2 Å². The van der Waals surface area contributed by atoms with E-state index in [1.165, 1.54) is 35.5 Å². The minimum absolute atomic E-state index is 0.00900. The van der Waals surface area contributed by atoms with Crippen LogP contribution in [0.1, 0.15) is 44.0 Å². The van der Waals surface area contributed by atoms with Crippen LogP contribution in [0.25, 0.3) is 0 Å². The van der Waals surface area contributed by atoms with E-state index in [1.807, 2.05) is 13.8 Å². The summed E-state index contributed by atoms with van der Waals surface area (Å²) in [5.41, 5.74) is 0.469. The van der Waals surface area contributed by atoms with Gasteiger partial charge in [-0.25, -0.2) is 8.42 Å². The molecule has 0 saturated carbocycles. The number of sulfonamides is 1. The molecule has 1 aromatic carbocycles. The summed E-state index contributed by atoms with van der Waals surface area (Å²) in [7, 11) is -3.67.